The van der Waals surface area contributed by atoms with Crippen LogP contribution in [-0.2, 0) is 33.0 Å². The first kappa shape index (κ1) is 21.3. The summed E-state index contributed by atoms with van der Waals surface area (Å²) < 4.78 is 40.0. The highest BCUT2D eigenvalue weighted by Crippen LogP contribution is 2.30. The molecule has 1 heterocycles. The average Bonchev–Trinajstić information content (AvgIpc) is 2.49. The first-order valence-electron chi connectivity index (χ1n) is 8.04. The molecule has 0 aromatic carbocycles. The molecular formula is C14H26O9S. The van der Waals surface area contributed by atoms with Crippen molar-refractivity contribution in [2.24, 2.45) is 5.92 Å². The summed E-state index contributed by atoms with van der Waals surface area (Å²) in [7, 11) is -4.35. The Morgan fingerprint density at radius 3 is 2.46 bits per heavy atom. The van der Waals surface area contributed by atoms with Gasteiger partial charge in [0.15, 0.2) is 0 Å². The molecule has 10 heteroatoms. The molecule has 1 fully saturated rings. The van der Waals surface area contributed by atoms with Crippen molar-refractivity contribution in [2.45, 2.75) is 58.0 Å². The quantitative estimate of drug-likeness (QED) is 0.371. The van der Waals surface area contributed by atoms with Crippen LogP contribution < -0.4 is 0 Å². The minimum Gasteiger partial charge on any atom is -0.454 e. The van der Waals surface area contributed by atoms with Gasteiger partial charge in [-0.2, -0.15) is 16.8 Å². The van der Waals surface area contributed by atoms with Crippen LogP contribution in [0.4, 0.5) is 0 Å². The average molecular weight is 370 g/mol. The molecule has 0 radical (unpaired) electrons. The fraction of sp³-hybridized carbons (Fsp3) is 0.929. The number of hydrogen-bond donors (Lipinski definition) is 2. The van der Waals surface area contributed by atoms with E-state index < -0.39 is 28.4 Å². The Kier molecular flexibility index (Phi) is 8.54. The monoisotopic (exact) mass is 370 g/mol. The van der Waals surface area contributed by atoms with Gasteiger partial charge in [0.25, 0.3) is 0 Å². The van der Waals surface area contributed by atoms with Crippen molar-refractivity contribution in [3.63, 3.8) is 0 Å². The number of unbranched alkanes of at least 4 members (excludes halogenated alkanes) is 1. The van der Waals surface area contributed by atoms with E-state index >= 15 is 0 Å². The minimum atomic E-state index is -4.35. The smallest absolute Gasteiger partial charge is 0.416 e. The Hall–Kier alpha value is -0.780. The van der Waals surface area contributed by atoms with Crippen molar-refractivity contribution in [2.75, 3.05) is 19.8 Å². The van der Waals surface area contributed by atoms with Gasteiger partial charge in [-0.1, -0.05) is 39.5 Å². The van der Waals surface area contributed by atoms with E-state index in [0.29, 0.717) is 6.42 Å². The highest BCUT2D eigenvalue weighted by atomic mass is 32.3. The molecular weight excluding hydrogens is 344 g/mol. The van der Waals surface area contributed by atoms with E-state index in [-0.39, 0.29) is 25.7 Å². The van der Waals surface area contributed by atoms with Crippen LogP contribution in [0.5, 0.6) is 0 Å². The fourth-order valence-electron chi connectivity index (χ4n) is 2.36. The highest BCUT2D eigenvalue weighted by molar-refractivity contribution is 7.82. The van der Waals surface area contributed by atoms with E-state index in [9.17, 15) is 18.3 Å². The zero-order valence-corrected chi connectivity index (χ0v) is 14.8. The third-order valence-corrected chi connectivity index (χ3v) is 4.50. The van der Waals surface area contributed by atoms with Crippen LogP contribution >= 0.6 is 0 Å². The number of hydrogen-bond acceptors (Lipinski definition) is 9. The second-order valence-corrected chi connectivity index (χ2v) is 6.78. The third kappa shape index (κ3) is 6.61. The lowest BCUT2D eigenvalue weighted by atomic mass is 9.93. The Morgan fingerprint density at radius 2 is 1.96 bits per heavy atom. The van der Waals surface area contributed by atoms with Crippen LogP contribution in [0.3, 0.4) is 0 Å². The van der Waals surface area contributed by atoms with Gasteiger partial charge < -0.3 is 19.7 Å². The SMILES string of the molecule is CCCCC(CC)CC(COCCO)OC(=O)C1(O)OS(=O)(=O)O1. The summed E-state index contributed by atoms with van der Waals surface area (Å²) in [5.74, 6) is -4.00. The molecule has 9 nitrogen and oxygen atoms in total. The Morgan fingerprint density at radius 1 is 1.29 bits per heavy atom. The molecule has 24 heavy (non-hydrogen) atoms. The van der Waals surface area contributed by atoms with Crippen molar-refractivity contribution in [3.8, 4) is 0 Å². The number of aliphatic hydroxyl groups is 2. The maximum atomic E-state index is 11.9. The van der Waals surface area contributed by atoms with Gasteiger partial charge in [0, 0.05) is 0 Å². The third-order valence-electron chi connectivity index (χ3n) is 3.64. The Labute approximate surface area is 142 Å². The Balaban J connectivity index is 2.62. The van der Waals surface area contributed by atoms with Crippen molar-refractivity contribution in [3.05, 3.63) is 0 Å². The zero-order chi connectivity index (χ0) is 18.2. The van der Waals surface area contributed by atoms with Gasteiger partial charge in [-0.05, 0) is 12.3 Å². The summed E-state index contributed by atoms with van der Waals surface area (Å²) in [4.78, 5) is 11.9. The molecule has 1 saturated heterocycles. The normalized spacial score (nSPS) is 20.8. The Bertz CT molecular complexity index is 478. The summed E-state index contributed by atoms with van der Waals surface area (Å²) in [6.45, 7) is 4.01. The molecule has 0 aromatic rings. The molecule has 0 amide bonds. The van der Waals surface area contributed by atoms with E-state index in [2.05, 4.69) is 15.3 Å². The standard InChI is InChI=1S/C14H26O9S/c1-3-5-6-11(4-2)9-12(10-20-8-7-15)21-13(16)14(17)22-24(18,19)23-14/h11-12,15,17H,3-10H2,1-2H3. The molecule has 0 aromatic heterocycles. The lowest BCUT2D eigenvalue weighted by molar-refractivity contribution is -0.318. The van der Waals surface area contributed by atoms with Crippen LogP contribution in [0.1, 0.15) is 46.0 Å². The predicted octanol–water partition coefficient (Wildman–Crippen LogP) is 0.451. The van der Waals surface area contributed by atoms with Crippen LogP contribution in [0.2, 0.25) is 0 Å². The van der Waals surface area contributed by atoms with E-state index in [1.807, 2.05) is 6.92 Å². The topological polar surface area (TPSA) is 129 Å². The van der Waals surface area contributed by atoms with E-state index in [4.69, 9.17) is 14.6 Å². The highest BCUT2D eigenvalue weighted by Gasteiger charge is 2.60. The van der Waals surface area contributed by atoms with Crippen molar-refractivity contribution < 1.29 is 41.3 Å². The lowest BCUT2D eigenvalue weighted by Crippen LogP contribution is -2.57. The van der Waals surface area contributed by atoms with Crippen molar-refractivity contribution in [1.29, 1.82) is 0 Å². The number of carbonyl (C=O) groups is 1. The fourth-order valence-corrected chi connectivity index (χ4v) is 3.06. The summed E-state index contributed by atoms with van der Waals surface area (Å²) >= 11 is 0. The zero-order valence-electron chi connectivity index (χ0n) is 14.0. The van der Waals surface area contributed by atoms with E-state index in [1.165, 1.54) is 0 Å². The number of aliphatic hydroxyl groups excluding tert-OH is 1. The predicted molar refractivity (Wildman–Crippen MR) is 81.7 cm³/mol. The van der Waals surface area contributed by atoms with Gasteiger partial charge in [0.1, 0.15) is 6.10 Å². The van der Waals surface area contributed by atoms with E-state index in [1.54, 1.807) is 0 Å². The van der Waals surface area contributed by atoms with Gasteiger partial charge >= 0.3 is 22.3 Å². The molecule has 2 N–H and O–H groups in total. The number of rotatable bonds is 12. The second kappa shape index (κ2) is 9.64. The molecule has 0 saturated carbocycles. The molecule has 2 atom stereocenters. The van der Waals surface area contributed by atoms with Crippen LogP contribution in [0.25, 0.3) is 0 Å². The van der Waals surface area contributed by atoms with Gasteiger partial charge in [0.2, 0.25) is 0 Å². The maximum absolute atomic E-state index is 11.9. The molecule has 0 spiro atoms. The summed E-state index contributed by atoms with van der Waals surface area (Å²) in [5.41, 5.74) is 0. The molecule has 1 aliphatic heterocycles. The van der Waals surface area contributed by atoms with Gasteiger partial charge in [-0.15, -0.1) is 0 Å². The van der Waals surface area contributed by atoms with Crippen LogP contribution in [-0.4, -0.2) is 56.5 Å². The van der Waals surface area contributed by atoms with Gasteiger partial charge in [0.05, 0.1) is 19.8 Å². The number of ether oxygens (including phenoxy) is 2. The molecule has 1 aliphatic rings. The maximum Gasteiger partial charge on any atom is 0.416 e. The minimum absolute atomic E-state index is 0.0117. The van der Waals surface area contributed by atoms with Gasteiger partial charge in [-0.25, -0.2) is 4.79 Å². The number of carbonyl (C=O) groups excluding carboxylic acids is 1. The second-order valence-electron chi connectivity index (χ2n) is 5.63. The molecule has 142 valence electrons. The number of esters is 1. The van der Waals surface area contributed by atoms with Crippen LogP contribution in [0.15, 0.2) is 0 Å². The van der Waals surface area contributed by atoms with Crippen molar-refractivity contribution >= 4 is 16.4 Å². The summed E-state index contributed by atoms with van der Waals surface area (Å²) in [5, 5.41) is 18.3. The molecule has 2 unspecified atom stereocenters. The van der Waals surface area contributed by atoms with Gasteiger partial charge in [-0.3, -0.25) is 0 Å². The molecule has 1 rings (SSSR count). The summed E-state index contributed by atoms with van der Waals surface area (Å²) in [6, 6.07) is 0. The van der Waals surface area contributed by atoms with E-state index in [0.717, 1.165) is 25.7 Å². The molecule has 0 bridgehead atoms. The molecule has 0 aliphatic carbocycles. The van der Waals surface area contributed by atoms with Crippen molar-refractivity contribution in [1.82, 2.24) is 0 Å². The first-order valence-corrected chi connectivity index (χ1v) is 9.37. The lowest BCUT2D eigenvalue weighted by Gasteiger charge is -2.32. The summed E-state index contributed by atoms with van der Waals surface area (Å²) in [6.07, 6.45) is 3.67. The first-order chi connectivity index (χ1) is 11.3. The largest absolute Gasteiger partial charge is 0.454 e. The van der Waals surface area contributed by atoms with Crippen LogP contribution in [0, 0.1) is 5.92 Å².